The summed E-state index contributed by atoms with van der Waals surface area (Å²) in [4.78, 5) is 13.1. The second kappa shape index (κ2) is 6.13. The fourth-order valence-electron chi connectivity index (χ4n) is 3.03. The Balaban J connectivity index is 1.95. The molecule has 0 aliphatic carbocycles. The Morgan fingerprint density at radius 3 is 2.57 bits per heavy atom. The molecule has 112 valence electrons. The molecule has 2 aromatic heterocycles. The van der Waals surface area contributed by atoms with Crippen molar-refractivity contribution in [2.24, 2.45) is 4.99 Å². The molecule has 0 atom stereocenters. The highest BCUT2D eigenvalue weighted by molar-refractivity contribution is 5.86. The van der Waals surface area contributed by atoms with Gasteiger partial charge in [0.25, 0.3) is 0 Å². The minimum absolute atomic E-state index is 1.03. The van der Waals surface area contributed by atoms with Gasteiger partial charge in [-0.1, -0.05) is 6.07 Å². The first kappa shape index (κ1) is 13.8. The van der Waals surface area contributed by atoms with Gasteiger partial charge in [-0.15, -0.1) is 0 Å². The van der Waals surface area contributed by atoms with Crippen molar-refractivity contribution in [2.75, 3.05) is 0 Å². The molecule has 0 saturated carbocycles. The van der Waals surface area contributed by atoms with E-state index in [4.69, 9.17) is 4.99 Å². The van der Waals surface area contributed by atoms with Crippen LogP contribution in [-0.4, -0.2) is 16.2 Å². The van der Waals surface area contributed by atoms with Crippen molar-refractivity contribution in [2.45, 2.75) is 19.3 Å². The first-order chi connectivity index (χ1) is 11.4. The van der Waals surface area contributed by atoms with Crippen LogP contribution in [0.1, 0.15) is 18.4 Å². The van der Waals surface area contributed by atoms with E-state index in [9.17, 15) is 0 Å². The molecule has 0 spiro atoms. The molecule has 1 aliphatic heterocycles. The summed E-state index contributed by atoms with van der Waals surface area (Å²) in [7, 11) is 0. The molecule has 1 aliphatic rings. The van der Waals surface area contributed by atoms with Crippen LogP contribution in [0.4, 0.5) is 5.69 Å². The van der Waals surface area contributed by atoms with Crippen molar-refractivity contribution < 1.29 is 0 Å². The van der Waals surface area contributed by atoms with E-state index in [2.05, 4.69) is 28.2 Å². The van der Waals surface area contributed by atoms with Gasteiger partial charge >= 0.3 is 0 Å². The molecule has 23 heavy (non-hydrogen) atoms. The Bertz CT molecular complexity index is 840. The highest BCUT2D eigenvalue weighted by atomic mass is 14.7. The molecule has 3 heteroatoms. The monoisotopic (exact) mass is 299 g/mol. The molecule has 1 aromatic carbocycles. The average molecular weight is 299 g/mol. The van der Waals surface area contributed by atoms with Crippen molar-refractivity contribution in [1.82, 2.24) is 9.97 Å². The number of aryl methyl sites for hydroxylation is 1. The highest BCUT2D eigenvalue weighted by Gasteiger charge is 2.14. The number of fused-ring (bicyclic) bond motifs is 1. The van der Waals surface area contributed by atoms with Gasteiger partial charge in [-0.05, 0) is 66.3 Å². The second-order valence-electron chi connectivity index (χ2n) is 5.71. The zero-order valence-corrected chi connectivity index (χ0v) is 12.8. The average Bonchev–Trinajstić information content (AvgIpc) is 2.88. The number of hydrogen-bond acceptors (Lipinski definition) is 3. The predicted molar refractivity (Wildman–Crippen MR) is 94.0 cm³/mol. The van der Waals surface area contributed by atoms with Crippen molar-refractivity contribution in [3.05, 3.63) is 66.7 Å². The maximum absolute atomic E-state index is 4.74. The molecule has 0 unspecified atom stereocenters. The molecule has 0 radical (unpaired) electrons. The van der Waals surface area contributed by atoms with E-state index < -0.39 is 0 Å². The van der Waals surface area contributed by atoms with E-state index in [0.717, 1.165) is 36.1 Å². The third kappa shape index (κ3) is 2.78. The van der Waals surface area contributed by atoms with E-state index >= 15 is 0 Å². The maximum atomic E-state index is 4.74. The summed E-state index contributed by atoms with van der Waals surface area (Å²) in [6.07, 6.45) is 12.7. The Morgan fingerprint density at radius 2 is 1.74 bits per heavy atom. The number of aromatic nitrogens is 2. The van der Waals surface area contributed by atoms with Crippen LogP contribution in [0.15, 0.2) is 66.2 Å². The molecule has 3 nitrogen and oxygen atoms in total. The molecule has 3 aromatic rings. The topological polar surface area (TPSA) is 38.1 Å². The van der Waals surface area contributed by atoms with Gasteiger partial charge in [-0.3, -0.25) is 15.0 Å². The van der Waals surface area contributed by atoms with Gasteiger partial charge in [-0.25, -0.2) is 0 Å². The number of nitrogens with zero attached hydrogens (tertiary/aromatic N) is 3. The van der Waals surface area contributed by atoms with E-state index in [1.165, 1.54) is 16.7 Å². The Morgan fingerprint density at radius 1 is 0.826 bits per heavy atom. The zero-order chi connectivity index (χ0) is 15.5. The summed E-state index contributed by atoms with van der Waals surface area (Å²) in [6.45, 7) is 0. The van der Waals surface area contributed by atoms with Crippen molar-refractivity contribution in [3.8, 4) is 22.3 Å². The summed E-state index contributed by atoms with van der Waals surface area (Å²) in [5, 5.41) is 0. The van der Waals surface area contributed by atoms with E-state index in [1.807, 2.05) is 43.0 Å². The first-order valence-electron chi connectivity index (χ1n) is 7.92. The normalized spacial score (nSPS) is 13.4. The van der Waals surface area contributed by atoms with Crippen LogP contribution in [-0.2, 0) is 6.42 Å². The van der Waals surface area contributed by atoms with Gasteiger partial charge in [-0.2, -0.15) is 0 Å². The third-order valence-electron chi connectivity index (χ3n) is 4.17. The van der Waals surface area contributed by atoms with Gasteiger partial charge in [0.05, 0.1) is 5.69 Å². The minimum Gasteiger partial charge on any atom is -0.265 e. The number of pyridine rings is 2. The Labute approximate surface area is 135 Å². The van der Waals surface area contributed by atoms with Crippen LogP contribution >= 0.6 is 0 Å². The smallest absolute Gasteiger partial charge is 0.0736 e. The van der Waals surface area contributed by atoms with Crippen LogP contribution in [0.3, 0.4) is 0 Å². The molecule has 4 rings (SSSR count). The Kier molecular flexibility index (Phi) is 3.68. The highest BCUT2D eigenvalue weighted by Crippen LogP contribution is 2.39. The summed E-state index contributed by atoms with van der Waals surface area (Å²) in [5.74, 6) is 0. The van der Waals surface area contributed by atoms with Gasteiger partial charge in [0.2, 0.25) is 0 Å². The number of hydrogen-bond donors (Lipinski definition) is 0. The van der Waals surface area contributed by atoms with Gasteiger partial charge in [0, 0.05) is 42.1 Å². The lowest BCUT2D eigenvalue weighted by atomic mass is 9.93. The van der Waals surface area contributed by atoms with Gasteiger partial charge < -0.3 is 0 Å². The van der Waals surface area contributed by atoms with Crippen molar-refractivity contribution >= 4 is 11.9 Å². The molecule has 0 bridgehead atoms. The molecule has 0 amide bonds. The number of aliphatic imine (C=N–C) groups is 1. The minimum atomic E-state index is 1.03. The van der Waals surface area contributed by atoms with Crippen LogP contribution in [0.25, 0.3) is 22.3 Å². The molecular formula is C20H17N3. The number of benzene rings is 1. The summed E-state index contributed by atoms with van der Waals surface area (Å²) >= 11 is 0. The van der Waals surface area contributed by atoms with Crippen LogP contribution in [0.5, 0.6) is 0 Å². The zero-order valence-electron chi connectivity index (χ0n) is 12.8. The summed E-state index contributed by atoms with van der Waals surface area (Å²) in [6, 6.07) is 12.6. The third-order valence-corrected chi connectivity index (χ3v) is 4.17. The lowest BCUT2D eigenvalue weighted by molar-refractivity contribution is 0.886. The standard InChI is InChI=1S/C20H17N3/c1-2-9-23-20-16(4-1)12-18(17-5-3-8-22-14-17)13-19(20)15-6-10-21-11-7-15/h3,5-14H,1-2,4H2. The molecule has 3 heterocycles. The van der Waals surface area contributed by atoms with E-state index in [-0.39, 0.29) is 0 Å². The lowest BCUT2D eigenvalue weighted by Gasteiger charge is -2.13. The molecule has 0 N–H and O–H groups in total. The molecular weight excluding hydrogens is 282 g/mol. The first-order valence-corrected chi connectivity index (χ1v) is 7.92. The van der Waals surface area contributed by atoms with Gasteiger partial charge in [0.1, 0.15) is 0 Å². The maximum Gasteiger partial charge on any atom is 0.0736 e. The van der Waals surface area contributed by atoms with E-state index in [0.29, 0.717) is 0 Å². The van der Waals surface area contributed by atoms with Crippen molar-refractivity contribution in [1.29, 1.82) is 0 Å². The SMILES string of the molecule is C1=Nc2c(cc(-c3cccnc3)cc2-c2ccncc2)CCC1. The molecule has 0 saturated heterocycles. The molecule has 0 fully saturated rings. The summed E-state index contributed by atoms with van der Waals surface area (Å²) in [5.41, 5.74) is 7.07. The fourth-order valence-corrected chi connectivity index (χ4v) is 3.03. The quantitative estimate of drug-likeness (QED) is 0.678. The predicted octanol–water partition coefficient (Wildman–Crippen LogP) is 4.85. The van der Waals surface area contributed by atoms with Crippen LogP contribution in [0.2, 0.25) is 0 Å². The fraction of sp³-hybridized carbons (Fsp3) is 0.150. The largest absolute Gasteiger partial charge is 0.265 e. The second-order valence-corrected chi connectivity index (χ2v) is 5.71. The van der Waals surface area contributed by atoms with E-state index in [1.54, 1.807) is 6.20 Å². The van der Waals surface area contributed by atoms with Crippen molar-refractivity contribution in [3.63, 3.8) is 0 Å². The van der Waals surface area contributed by atoms with Crippen LogP contribution < -0.4 is 0 Å². The lowest BCUT2D eigenvalue weighted by Crippen LogP contribution is -1.91. The number of rotatable bonds is 2. The van der Waals surface area contributed by atoms with Gasteiger partial charge in [0.15, 0.2) is 0 Å². The van der Waals surface area contributed by atoms with Crippen LogP contribution in [0, 0.1) is 0 Å². The Hall–Kier alpha value is -2.81. The summed E-state index contributed by atoms with van der Waals surface area (Å²) < 4.78 is 0.